The summed E-state index contributed by atoms with van der Waals surface area (Å²) in [6, 6.07) is 7.35. The van der Waals surface area contributed by atoms with Gasteiger partial charge in [-0.3, -0.25) is 14.6 Å². The number of amides is 2. The third-order valence-corrected chi connectivity index (χ3v) is 5.66. The van der Waals surface area contributed by atoms with E-state index in [4.69, 9.17) is 9.47 Å². The van der Waals surface area contributed by atoms with Crippen LogP contribution >= 0.6 is 0 Å². The molecule has 2 amide bonds. The van der Waals surface area contributed by atoms with E-state index in [-0.39, 0.29) is 24.5 Å². The molecule has 0 atom stereocenters. The summed E-state index contributed by atoms with van der Waals surface area (Å²) in [4.78, 5) is 47.6. The maximum Gasteiger partial charge on any atom is 0.410 e. The summed E-state index contributed by atoms with van der Waals surface area (Å²) in [5.41, 5.74) is 1.32. The predicted molar refractivity (Wildman–Crippen MR) is 130 cm³/mol. The fraction of sp³-hybridized carbons (Fsp3) is 0.400. The molecule has 1 aliphatic heterocycles. The van der Waals surface area contributed by atoms with E-state index in [2.05, 4.69) is 14.7 Å². The highest BCUT2D eigenvalue weighted by atomic mass is 16.6. The molecule has 4 rings (SSSR count). The van der Waals surface area contributed by atoms with Gasteiger partial charge in [-0.25, -0.2) is 9.78 Å². The number of hydrogen-bond donors (Lipinski definition) is 0. The van der Waals surface area contributed by atoms with E-state index in [1.54, 1.807) is 15.9 Å². The van der Waals surface area contributed by atoms with Crippen LogP contribution in [0.3, 0.4) is 0 Å². The minimum absolute atomic E-state index is 0.0406. The second-order valence-corrected chi connectivity index (χ2v) is 9.42. The van der Waals surface area contributed by atoms with Gasteiger partial charge < -0.3 is 28.6 Å². The zero-order chi connectivity index (χ0) is 25.9. The van der Waals surface area contributed by atoms with Gasteiger partial charge >= 0.3 is 6.09 Å². The number of aromatic nitrogens is 3. The van der Waals surface area contributed by atoms with Crippen LogP contribution < -0.4 is 4.74 Å². The molecule has 36 heavy (non-hydrogen) atoms. The first-order valence-electron chi connectivity index (χ1n) is 11.6. The highest BCUT2D eigenvalue weighted by Gasteiger charge is 2.29. The molecular formula is C25H29N5O6. The zero-order valence-corrected chi connectivity index (χ0v) is 20.8. The van der Waals surface area contributed by atoms with Gasteiger partial charge in [0.2, 0.25) is 5.88 Å². The zero-order valence-electron chi connectivity index (χ0n) is 20.8. The lowest BCUT2D eigenvalue weighted by Gasteiger charge is -2.35. The Morgan fingerprint density at radius 1 is 1.03 bits per heavy atom. The van der Waals surface area contributed by atoms with Gasteiger partial charge in [-0.2, -0.15) is 0 Å². The monoisotopic (exact) mass is 495 g/mol. The van der Waals surface area contributed by atoms with Crippen molar-refractivity contribution in [2.24, 2.45) is 7.05 Å². The first-order chi connectivity index (χ1) is 17.1. The summed E-state index contributed by atoms with van der Waals surface area (Å²) in [5, 5.41) is 0.896. The summed E-state index contributed by atoms with van der Waals surface area (Å²) < 4.78 is 17.7. The molecule has 0 aliphatic carbocycles. The van der Waals surface area contributed by atoms with Crippen molar-refractivity contribution in [3.63, 3.8) is 0 Å². The standard InChI is InChI=1S/C25H29N5O6/c1-25(2,3)36-24(33)30-9-7-29(8-10-30)23(32)21-11-17-5-6-19(12-20(17)28(21)4)35-22-14-26-18(13-27-22)15-34-16-31/h5-6,11-14,16H,7-10,15H2,1-4H3. The largest absolute Gasteiger partial charge is 0.461 e. The molecule has 1 saturated heterocycles. The van der Waals surface area contributed by atoms with Crippen molar-refractivity contribution >= 4 is 29.4 Å². The van der Waals surface area contributed by atoms with E-state index >= 15 is 0 Å². The van der Waals surface area contributed by atoms with Crippen LogP contribution in [0.5, 0.6) is 11.6 Å². The predicted octanol–water partition coefficient (Wildman–Crippen LogP) is 3.13. The van der Waals surface area contributed by atoms with Crippen molar-refractivity contribution in [2.75, 3.05) is 26.2 Å². The topological polar surface area (TPSA) is 116 Å². The highest BCUT2D eigenvalue weighted by molar-refractivity contribution is 5.99. The molecule has 1 fully saturated rings. The van der Waals surface area contributed by atoms with Gasteiger partial charge in [0.15, 0.2) is 0 Å². The molecule has 1 aromatic carbocycles. The Morgan fingerprint density at radius 3 is 2.39 bits per heavy atom. The van der Waals surface area contributed by atoms with E-state index in [9.17, 15) is 14.4 Å². The Morgan fingerprint density at radius 2 is 1.75 bits per heavy atom. The Kier molecular flexibility index (Phi) is 7.09. The maximum absolute atomic E-state index is 13.3. The average Bonchev–Trinajstić information content (AvgIpc) is 3.18. The molecule has 0 N–H and O–H groups in total. The number of rotatable bonds is 6. The van der Waals surface area contributed by atoms with Gasteiger partial charge in [0.25, 0.3) is 12.4 Å². The molecule has 1 aliphatic rings. The third kappa shape index (κ3) is 5.73. The van der Waals surface area contributed by atoms with Crippen molar-refractivity contribution in [2.45, 2.75) is 33.0 Å². The van der Waals surface area contributed by atoms with Crippen LogP contribution in [0, 0.1) is 0 Å². The average molecular weight is 496 g/mol. The molecule has 0 bridgehead atoms. The van der Waals surface area contributed by atoms with Gasteiger partial charge in [0.05, 0.1) is 23.6 Å². The van der Waals surface area contributed by atoms with E-state index in [0.29, 0.717) is 49.8 Å². The second kappa shape index (κ2) is 10.2. The van der Waals surface area contributed by atoms with Crippen molar-refractivity contribution in [1.82, 2.24) is 24.3 Å². The molecule has 0 spiro atoms. The molecule has 2 aromatic heterocycles. The van der Waals surface area contributed by atoms with E-state index in [0.717, 1.165) is 10.9 Å². The van der Waals surface area contributed by atoms with Crippen LogP contribution in [-0.2, 0) is 27.9 Å². The van der Waals surface area contributed by atoms with Crippen molar-refractivity contribution in [1.29, 1.82) is 0 Å². The lowest BCUT2D eigenvalue weighted by atomic mass is 10.2. The molecule has 0 saturated carbocycles. The normalized spacial score (nSPS) is 14.0. The quantitative estimate of drug-likeness (QED) is 0.479. The fourth-order valence-corrected chi connectivity index (χ4v) is 3.87. The van der Waals surface area contributed by atoms with Gasteiger partial charge in [0, 0.05) is 44.7 Å². The van der Waals surface area contributed by atoms with Gasteiger partial charge in [-0.05, 0) is 39.0 Å². The minimum atomic E-state index is -0.558. The van der Waals surface area contributed by atoms with Gasteiger partial charge in [-0.1, -0.05) is 0 Å². The number of ether oxygens (including phenoxy) is 3. The van der Waals surface area contributed by atoms with Crippen LogP contribution in [0.2, 0.25) is 0 Å². The number of hydrogen-bond acceptors (Lipinski definition) is 8. The molecule has 11 nitrogen and oxygen atoms in total. The lowest BCUT2D eigenvalue weighted by Crippen LogP contribution is -2.51. The lowest BCUT2D eigenvalue weighted by molar-refractivity contribution is -0.129. The van der Waals surface area contributed by atoms with Crippen LogP contribution in [-0.4, -0.2) is 74.6 Å². The smallest absolute Gasteiger partial charge is 0.410 e. The third-order valence-electron chi connectivity index (χ3n) is 5.66. The first kappa shape index (κ1) is 25.0. The summed E-state index contributed by atoms with van der Waals surface area (Å²) in [6.07, 6.45) is 2.56. The number of carbonyl (C=O) groups is 3. The van der Waals surface area contributed by atoms with Crippen LogP contribution in [0.1, 0.15) is 37.0 Å². The molecule has 11 heteroatoms. The van der Waals surface area contributed by atoms with E-state index < -0.39 is 5.60 Å². The van der Waals surface area contributed by atoms with Crippen LogP contribution in [0.4, 0.5) is 4.79 Å². The first-order valence-corrected chi connectivity index (χ1v) is 11.6. The number of fused-ring (bicyclic) bond motifs is 1. The highest BCUT2D eigenvalue weighted by Crippen LogP contribution is 2.27. The van der Waals surface area contributed by atoms with Crippen LogP contribution in [0.25, 0.3) is 10.9 Å². The van der Waals surface area contributed by atoms with Crippen molar-refractivity contribution in [3.05, 3.63) is 48.0 Å². The molecule has 0 radical (unpaired) electrons. The Hall–Kier alpha value is -4.15. The number of carbonyl (C=O) groups excluding carboxylic acids is 3. The van der Waals surface area contributed by atoms with E-state index in [1.807, 2.05) is 50.6 Å². The molecule has 190 valence electrons. The number of benzene rings is 1. The minimum Gasteiger partial charge on any atom is -0.461 e. The molecule has 3 aromatic rings. The number of aryl methyl sites for hydroxylation is 1. The SMILES string of the molecule is Cn1c(C(=O)N2CCN(C(=O)OC(C)(C)C)CC2)cc2ccc(Oc3cnc(COC=O)cn3)cc21. The molecular weight excluding hydrogens is 466 g/mol. The van der Waals surface area contributed by atoms with Crippen molar-refractivity contribution < 1.29 is 28.6 Å². The van der Waals surface area contributed by atoms with Crippen LogP contribution in [0.15, 0.2) is 36.7 Å². The number of piperazine rings is 1. The summed E-state index contributed by atoms with van der Waals surface area (Å²) >= 11 is 0. The van der Waals surface area contributed by atoms with E-state index in [1.165, 1.54) is 12.4 Å². The Balaban J connectivity index is 1.43. The van der Waals surface area contributed by atoms with Crippen molar-refractivity contribution in [3.8, 4) is 11.6 Å². The molecule has 3 heterocycles. The van der Waals surface area contributed by atoms with Gasteiger partial charge in [-0.15, -0.1) is 0 Å². The van der Waals surface area contributed by atoms with Gasteiger partial charge in [0.1, 0.15) is 23.7 Å². The molecule has 0 unspecified atom stereocenters. The summed E-state index contributed by atoms with van der Waals surface area (Å²) in [7, 11) is 1.83. The summed E-state index contributed by atoms with van der Waals surface area (Å²) in [6.45, 7) is 7.59. The Bertz CT molecular complexity index is 1260. The number of nitrogens with zero attached hydrogens (tertiary/aromatic N) is 5. The summed E-state index contributed by atoms with van der Waals surface area (Å²) in [5.74, 6) is 0.733. The maximum atomic E-state index is 13.3. The Labute approximate surface area is 208 Å². The fourth-order valence-electron chi connectivity index (χ4n) is 3.87. The second-order valence-electron chi connectivity index (χ2n) is 9.42.